The molecule has 0 saturated carbocycles. The molecule has 0 aromatic rings. The van der Waals surface area contributed by atoms with Gasteiger partial charge in [-0.3, -0.25) is 0 Å². The van der Waals surface area contributed by atoms with E-state index in [4.69, 9.17) is 5.73 Å². The Bertz CT molecular complexity index is 271. The molecule has 1 radical (unpaired) electrons. The Hall–Kier alpha value is -1.45. The summed E-state index contributed by atoms with van der Waals surface area (Å²) in [4.78, 5) is 3.95. The second kappa shape index (κ2) is 1.76. The molecule has 2 heterocycles. The van der Waals surface area contributed by atoms with E-state index < -0.39 is 0 Å². The maximum Gasteiger partial charge on any atom is 0.170 e. The first-order valence-electron chi connectivity index (χ1n) is 2.87. The van der Waals surface area contributed by atoms with Gasteiger partial charge < -0.3 is 5.73 Å². The Balaban J connectivity index is 2.39. The lowest BCUT2D eigenvalue weighted by molar-refractivity contribution is 1.25. The number of aliphatic imine (C=N–C) groups is 1. The highest BCUT2D eigenvalue weighted by Gasteiger charge is 2.24. The molecule has 0 atom stereocenters. The first-order valence-corrected chi connectivity index (χ1v) is 2.87. The molecule has 4 heteroatoms. The van der Waals surface area contributed by atoms with Crippen LogP contribution in [0.15, 0.2) is 27.3 Å². The van der Waals surface area contributed by atoms with Crippen LogP contribution in [-0.2, 0) is 0 Å². The van der Waals surface area contributed by atoms with Crippen molar-refractivity contribution >= 4 is 17.9 Å². The fourth-order valence-electron chi connectivity index (χ4n) is 0.832. The van der Waals surface area contributed by atoms with E-state index in [1.807, 2.05) is 12.2 Å². The minimum absolute atomic E-state index is 0.447. The highest BCUT2D eigenvalue weighted by Crippen LogP contribution is 2.15. The molecule has 0 saturated heterocycles. The summed E-state index contributed by atoms with van der Waals surface area (Å²) in [6.45, 7) is 0. The van der Waals surface area contributed by atoms with E-state index in [2.05, 4.69) is 15.2 Å². The molecule has 2 N–H and O–H groups in total. The molecule has 0 spiro atoms. The zero-order valence-corrected chi connectivity index (χ0v) is 5.15. The standard InChI is InChI=1S/C6H5N4/c7-5-4-2-1-3-8-6(4)10-9-5/h1-3H,(H2,7,9). The lowest BCUT2D eigenvalue weighted by Crippen LogP contribution is -2.23. The normalized spacial score (nSPS) is 22.4. The Kier molecular flexibility index (Phi) is 0.943. The molecule has 0 aromatic carbocycles. The van der Waals surface area contributed by atoms with E-state index in [9.17, 15) is 0 Å². The van der Waals surface area contributed by atoms with Gasteiger partial charge in [0.05, 0.1) is 0 Å². The van der Waals surface area contributed by atoms with Crippen LogP contribution in [0.5, 0.6) is 0 Å². The number of allylic oxidation sites excluding steroid dienone is 1. The molecular formula is C6H5N4. The number of hydrogen-bond donors (Lipinski definition) is 1. The Labute approximate surface area is 57.9 Å². The van der Waals surface area contributed by atoms with Crippen LogP contribution in [0.4, 0.5) is 0 Å². The number of nitrogens with zero attached hydrogens (tertiary/aromatic N) is 3. The number of hydrogen-bond acceptors (Lipinski definition) is 4. The van der Waals surface area contributed by atoms with Gasteiger partial charge in [0, 0.05) is 6.21 Å². The van der Waals surface area contributed by atoms with Crippen molar-refractivity contribution in [2.75, 3.05) is 0 Å². The van der Waals surface area contributed by atoms with Crippen molar-refractivity contribution in [1.29, 1.82) is 0 Å². The van der Waals surface area contributed by atoms with Gasteiger partial charge >= 0.3 is 0 Å². The number of nitrogens with two attached hydrogens (primary N) is 1. The minimum atomic E-state index is 0.447. The summed E-state index contributed by atoms with van der Waals surface area (Å²) in [5.41, 5.74) is 5.46. The summed E-state index contributed by atoms with van der Waals surface area (Å²) in [7, 11) is 0. The molecule has 10 heavy (non-hydrogen) atoms. The number of dihydropyridines is 1. The molecule has 2 aliphatic heterocycles. The quantitative estimate of drug-likeness (QED) is 0.492. The third-order valence-corrected chi connectivity index (χ3v) is 1.32. The third-order valence-electron chi connectivity index (χ3n) is 1.32. The summed E-state index contributed by atoms with van der Waals surface area (Å²) < 4.78 is 0. The van der Waals surface area contributed by atoms with Crippen molar-refractivity contribution in [1.82, 2.24) is 0 Å². The van der Waals surface area contributed by atoms with Crippen molar-refractivity contribution < 1.29 is 0 Å². The lowest BCUT2D eigenvalue weighted by atomic mass is 10.1. The van der Waals surface area contributed by atoms with Gasteiger partial charge in [-0.25, -0.2) is 4.99 Å². The van der Waals surface area contributed by atoms with E-state index in [0.717, 1.165) is 5.92 Å². The smallest absolute Gasteiger partial charge is 0.170 e. The Morgan fingerprint density at radius 2 is 2.20 bits per heavy atom. The Morgan fingerprint density at radius 3 is 3.00 bits per heavy atom. The molecule has 2 rings (SSSR count). The zero-order chi connectivity index (χ0) is 6.97. The van der Waals surface area contributed by atoms with Crippen LogP contribution >= 0.6 is 0 Å². The fraction of sp³-hybridized carbons (Fsp3) is 0. The lowest BCUT2D eigenvalue weighted by Gasteiger charge is -2.04. The molecule has 0 aromatic heterocycles. The molecule has 49 valence electrons. The maximum atomic E-state index is 5.46. The van der Waals surface area contributed by atoms with Crippen molar-refractivity contribution in [2.24, 2.45) is 20.9 Å². The van der Waals surface area contributed by atoms with Gasteiger partial charge in [0.1, 0.15) is 11.8 Å². The SMILES string of the molecule is NC1=NN=C2N=CC=C[C]12. The van der Waals surface area contributed by atoms with Gasteiger partial charge in [-0.05, 0) is 6.08 Å². The maximum absolute atomic E-state index is 5.46. The highest BCUT2D eigenvalue weighted by molar-refractivity contribution is 6.26. The van der Waals surface area contributed by atoms with Crippen LogP contribution in [0.1, 0.15) is 0 Å². The average Bonchev–Trinajstić information content (AvgIpc) is 2.34. The molecule has 0 unspecified atom stereocenters. The Morgan fingerprint density at radius 1 is 1.30 bits per heavy atom. The first kappa shape index (κ1) is 5.34. The van der Waals surface area contributed by atoms with Crippen LogP contribution < -0.4 is 5.73 Å². The van der Waals surface area contributed by atoms with Crippen LogP contribution in [0.2, 0.25) is 0 Å². The van der Waals surface area contributed by atoms with Gasteiger partial charge in [0.2, 0.25) is 0 Å². The van der Waals surface area contributed by atoms with Crippen molar-refractivity contribution in [3.63, 3.8) is 0 Å². The molecule has 2 aliphatic rings. The van der Waals surface area contributed by atoms with E-state index in [1.54, 1.807) is 6.21 Å². The molecule has 0 fully saturated rings. The minimum Gasteiger partial charge on any atom is -0.384 e. The average molecular weight is 133 g/mol. The molecule has 0 amide bonds. The summed E-state index contributed by atoms with van der Waals surface area (Å²) in [5.74, 6) is 1.88. The van der Waals surface area contributed by atoms with E-state index in [0.29, 0.717) is 11.7 Å². The van der Waals surface area contributed by atoms with Gasteiger partial charge in [0.25, 0.3) is 0 Å². The number of rotatable bonds is 0. The zero-order valence-electron chi connectivity index (χ0n) is 5.15. The van der Waals surface area contributed by atoms with E-state index >= 15 is 0 Å². The van der Waals surface area contributed by atoms with Gasteiger partial charge in [-0.2, -0.15) is 0 Å². The third kappa shape index (κ3) is 0.586. The highest BCUT2D eigenvalue weighted by atomic mass is 15.3. The van der Waals surface area contributed by atoms with E-state index in [-0.39, 0.29) is 0 Å². The fourth-order valence-corrected chi connectivity index (χ4v) is 0.832. The van der Waals surface area contributed by atoms with Crippen molar-refractivity contribution in [2.45, 2.75) is 0 Å². The first-order chi connectivity index (χ1) is 4.88. The second-order valence-electron chi connectivity index (χ2n) is 1.96. The topological polar surface area (TPSA) is 63.1 Å². The van der Waals surface area contributed by atoms with Gasteiger partial charge in [-0.1, -0.05) is 6.08 Å². The van der Waals surface area contributed by atoms with Crippen molar-refractivity contribution in [3.8, 4) is 0 Å². The largest absolute Gasteiger partial charge is 0.384 e. The van der Waals surface area contributed by atoms with Gasteiger partial charge in [-0.15, -0.1) is 10.2 Å². The second-order valence-corrected chi connectivity index (χ2v) is 1.96. The predicted octanol–water partition coefficient (Wildman–Crippen LogP) is -0.114. The number of amidine groups is 2. The van der Waals surface area contributed by atoms with Gasteiger partial charge in [0.15, 0.2) is 5.84 Å². The summed E-state index contributed by atoms with van der Waals surface area (Å²) in [5, 5.41) is 7.39. The van der Waals surface area contributed by atoms with Crippen LogP contribution in [0.25, 0.3) is 0 Å². The summed E-state index contributed by atoms with van der Waals surface area (Å²) in [6, 6.07) is 0. The van der Waals surface area contributed by atoms with Crippen LogP contribution in [-0.4, -0.2) is 17.9 Å². The van der Waals surface area contributed by atoms with Crippen molar-refractivity contribution in [3.05, 3.63) is 18.1 Å². The van der Waals surface area contributed by atoms with Crippen LogP contribution in [0, 0.1) is 5.92 Å². The summed E-state index contributed by atoms with van der Waals surface area (Å²) in [6.07, 6.45) is 5.32. The van der Waals surface area contributed by atoms with E-state index in [1.165, 1.54) is 0 Å². The molecule has 0 bridgehead atoms. The molecular weight excluding hydrogens is 128 g/mol. The molecule has 0 aliphatic carbocycles. The predicted molar refractivity (Wildman–Crippen MR) is 39.9 cm³/mol. The van der Waals surface area contributed by atoms with Crippen LogP contribution in [0.3, 0.4) is 0 Å². The molecule has 4 nitrogen and oxygen atoms in total. The summed E-state index contributed by atoms with van der Waals surface area (Å²) >= 11 is 0. The number of fused-ring (bicyclic) bond motifs is 1. The monoisotopic (exact) mass is 133 g/mol.